The van der Waals surface area contributed by atoms with Crippen LogP contribution in [-0.4, -0.2) is 25.2 Å². The van der Waals surface area contributed by atoms with Crippen molar-refractivity contribution in [3.05, 3.63) is 92.8 Å². The molecule has 2 aromatic rings. The third kappa shape index (κ3) is 6.52. The van der Waals surface area contributed by atoms with Gasteiger partial charge in [-0.2, -0.15) is 5.26 Å². The van der Waals surface area contributed by atoms with Crippen LogP contribution in [0, 0.1) is 18.3 Å². The predicted molar refractivity (Wildman–Crippen MR) is 134 cm³/mol. The summed E-state index contributed by atoms with van der Waals surface area (Å²) in [4.78, 5) is 26.4. The van der Waals surface area contributed by atoms with Crippen molar-refractivity contribution in [1.29, 1.82) is 5.26 Å². The lowest BCUT2D eigenvalue weighted by Gasteiger charge is -2.30. The Hall–Kier alpha value is -3.56. The van der Waals surface area contributed by atoms with Crippen molar-refractivity contribution >= 4 is 23.5 Å². The molecule has 0 bridgehead atoms. The van der Waals surface area contributed by atoms with Gasteiger partial charge in [0.25, 0.3) is 0 Å². The summed E-state index contributed by atoms with van der Waals surface area (Å²) >= 11 is 6.25. The highest BCUT2D eigenvalue weighted by Gasteiger charge is 2.38. The zero-order valence-electron chi connectivity index (χ0n) is 20.2. The molecule has 0 radical (unpaired) electrons. The number of benzene rings is 2. The molecular weight excluding hydrogens is 464 g/mol. The largest absolute Gasteiger partial charge is 0.462 e. The molecular formula is C28H29ClN2O4. The first-order chi connectivity index (χ1) is 16.8. The lowest BCUT2D eigenvalue weighted by molar-refractivity contribution is -0.140. The molecule has 182 valence electrons. The average molecular weight is 493 g/mol. The number of hydrogen-bond donors (Lipinski definition) is 1. The average Bonchev–Trinajstić information content (AvgIpc) is 2.82. The number of nitrogens with one attached hydrogen (secondary N) is 1. The van der Waals surface area contributed by atoms with Crippen LogP contribution in [0.15, 0.2) is 71.1 Å². The first-order valence-corrected chi connectivity index (χ1v) is 11.9. The maximum Gasteiger partial charge on any atom is 0.336 e. The molecule has 1 heterocycles. The van der Waals surface area contributed by atoms with E-state index < -0.39 is 17.9 Å². The second-order valence-electron chi connectivity index (χ2n) is 8.40. The van der Waals surface area contributed by atoms with Crippen molar-refractivity contribution < 1.29 is 19.1 Å². The molecule has 0 saturated carbocycles. The molecule has 1 aliphatic heterocycles. The lowest BCUT2D eigenvalue weighted by atomic mass is 9.80. The second kappa shape index (κ2) is 12.2. The summed E-state index contributed by atoms with van der Waals surface area (Å²) in [5, 5.41) is 12.4. The van der Waals surface area contributed by atoms with Gasteiger partial charge in [-0.25, -0.2) is 9.59 Å². The van der Waals surface area contributed by atoms with Gasteiger partial charge in [0.15, 0.2) is 0 Å². The standard InChI is InChI=1S/C28H29ClN2O4/c1-18-9-4-5-10-21(18)12-7-15-34-27(32)24-19(2)31-20(3)25(28(33)35-16-8-14-30)26(24)22-11-6-13-23(29)17-22/h4-6,9-11,13,17,26,31H,7-8,12,15-16H2,1-3H3. The van der Waals surface area contributed by atoms with E-state index in [9.17, 15) is 9.59 Å². The van der Waals surface area contributed by atoms with Crippen LogP contribution >= 0.6 is 11.6 Å². The highest BCUT2D eigenvalue weighted by molar-refractivity contribution is 6.30. The number of nitriles is 1. The zero-order chi connectivity index (χ0) is 25.4. The first kappa shape index (κ1) is 26.1. The fraction of sp³-hybridized carbons (Fsp3) is 0.321. The third-order valence-corrected chi connectivity index (χ3v) is 6.15. The number of ether oxygens (including phenoxy) is 2. The number of carbonyl (C=O) groups is 2. The van der Waals surface area contributed by atoms with Crippen molar-refractivity contribution in [2.75, 3.05) is 13.2 Å². The van der Waals surface area contributed by atoms with Crippen LogP contribution in [0.25, 0.3) is 0 Å². The molecule has 0 aromatic heterocycles. The van der Waals surface area contributed by atoms with Gasteiger partial charge in [0.1, 0.15) is 6.61 Å². The third-order valence-electron chi connectivity index (χ3n) is 5.91. The molecule has 1 N–H and O–H groups in total. The molecule has 3 rings (SSSR count). The molecule has 1 atom stereocenters. The summed E-state index contributed by atoms with van der Waals surface area (Å²) < 4.78 is 11.0. The molecule has 0 amide bonds. The van der Waals surface area contributed by atoms with Crippen LogP contribution < -0.4 is 5.32 Å². The van der Waals surface area contributed by atoms with Crippen molar-refractivity contribution in [2.24, 2.45) is 0 Å². The van der Waals surface area contributed by atoms with Gasteiger partial charge in [-0.3, -0.25) is 0 Å². The molecule has 35 heavy (non-hydrogen) atoms. The van der Waals surface area contributed by atoms with Gasteiger partial charge in [0.2, 0.25) is 0 Å². The Bertz CT molecular complexity index is 1210. The summed E-state index contributed by atoms with van der Waals surface area (Å²) in [6, 6.07) is 17.1. The van der Waals surface area contributed by atoms with E-state index in [1.54, 1.807) is 32.0 Å². The Kier molecular flexibility index (Phi) is 9.11. The highest BCUT2D eigenvalue weighted by atomic mass is 35.5. The lowest BCUT2D eigenvalue weighted by Crippen LogP contribution is -2.32. The minimum atomic E-state index is -0.714. The van der Waals surface area contributed by atoms with Crippen LogP contribution in [0.5, 0.6) is 0 Å². The monoisotopic (exact) mass is 492 g/mol. The molecule has 0 saturated heterocycles. The first-order valence-electron chi connectivity index (χ1n) is 11.5. The van der Waals surface area contributed by atoms with Gasteiger partial charge in [-0.1, -0.05) is 48.0 Å². The molecule has 0 fully saturated rings. The van der Waals surface area contributed by atoms with Crippen LogP contribution in [0.1, 0.15) is 49.3 Å². The van der Waals surface area contributed by atoms with Gasteiger partial charge >= 0.3 is 11.9 Å². The van der Waals surface area contributed by atoms with E-state index >= 15 is 0 Å². The smallest absolute Gasteiger partial charge is 0.336 e. The number of esters is 2. The van der Waals surface area contributed by atoms with Gasteiger partial charge in [0.05, 0.1) is 36.2 Å². The molecule has 7 heteroatoms. The summed E-state index contributed by atoms with van der Waals surface area (Å²) in [5.74, 6) is -1.81. The minimum absolute atomic E-state index is 0.0320. The van der Waals surface area contributed by atoms with Crippen molar-refractivity contribution in [3.8, 4) is 6.07 Å². The Morgan fingerprint density at radius 2 is 1.63 bits per heavy atom. The topological polar surface area (TPSA) is 88.4 Å². The van der Waals surface area contributed by atoms with E-state index in [0.29, 0.717) is 39.5 Å². The van der Waals surface area contributed by atoms with Crippen molar-refractivity contribution in [2.45, 2.75) is 46.0 Å². The Balaban J connectivity index is 1.84. The van der Waals surface area contributed by atoms with E-state index in [2.05, 4.69) is 24.4 Å². The molecule has 0 spiro atoms. The van der Waals surface area contributed by atoms with Gasteiger partial charge < -0.3 is 14.8 Å². The fourth-order valence-electron chi connectivity index (χ4n) is 4.22. The molecule has 1 aliphatic rings. The predicted octanol–water partition coefficient (Wildman–Crippen LogP) is 5.52. The van der Waals surface area contributed by atoms with E-state index in [1.165, 1.54) is 11.1 Å². The Morgan fingerprint density at radius 1 is 0.971 bits per heavy atom. The number of nitrogens with zero attached hydrogens (tertiary/aromatic N) is 1. The normalized spacial score (nSPS) is 15.3. The Morgan fingerprint density at radius 3 is 2.26 bits per heavy atom. The molecule has 0 aliphatic carbocycles. The number of aryl methyl sites for hydroxylation is 2. The second-order valence-corrected chi connectivity index (χ2v) is 8.84. The molecule has 1 unspecified atom stereocenters. The maximum atomic E-state index is 13.3. The fourth-order valence-corrected chi connectivity index (χ4v) is 4.42. The van der Waals surface area contributed by atoms with Crippen LogP contribution in [0.4, 0.5) is 0 Å². The highest BCUT2D eigenvalue weighted by Crippen LogP contribution is 2.40. The summed E-state index contributed by atoms with van der Waals surface area (Å²) in [6.07, 6.45) is 1.55. The zero-order valence-corrected chi connectivity index (χ0v) is 20.9. The number of hydrogen-bond acceptors (Lipinski definition) is 6. The van der Waals surface area contributed by atoms with E-state index in [0.717, 1.165) is 6.42 Å². The molecule has 6 nitrogen and oxygen atoms in total. The summed E-state index contributed by atoms with van der Waals surface area (Å²) in [5.41, 5.74) is 4.90. The number of dihydropyridines is 1. The summed E-state index contributed by atoms with van der Waals surface area (Å²) in [6.45, 7) is 5.81. The number of carbonyl (C=O) groups excluding carboxylic acids is 2. The number of allylic oxidation sites excluding steroid dienone is 2. The minimum Gasteiger partial charge on any atom is -0.462 e. The van der Waals surface area contributed by atoms with Crippen LogP contribution in [0.3, 0.4) is 0 Å². The Labute approximate surface area is 211 Å². The van der Waals surface area contributed by atoms with Gasteiger partial charge in [-0.05, 0) is 62.4 Å². The quantitative estimate of drug-likeness (QED) is 0.366. The maximum absolute atomic E-state index is 13.3. The van der Waals surface area contributed by atoms with E-state index in [-0.39, 0.29) is 19.6 Å². The van der Waals surface area contributed by atoms with Gasteiger partial charge in [0, 0.05) is 16.4 Å². The van der Waals surface area contributed by atoms with Crippen molar-refractivity contribution in [3.63, 3.8) is 0 Å². The van der Waals surface area contributed by atoms with Gasteiger partial charge in [-0.15, -0.1) is 0 Å². The van der Waals surface area contributed by atoms with E-state index in [1.807, 2.05) is 24.3 Å². The number of halogens is 1. The summed E-state index contributed by atoms with van der Waals surface area (Å²) in [7, 11) is 0. The van der Waals surface area contributed by atoms with Crippen LogP contribution in [-0.2, 0) is 25.5 Å². The molecule has 2 aromatic carbocycles. The number of rotatable bonds is 9. The van der Waals surface area contributed by atoms with E-state index in [4.69, 9.17) is 26.3 Å². The van der Waals surface area contributed by atoms with Crippen molar-refractivity contribution in [1.82, 2.24) is 5.32 Å². The SMILES string of the molecule is CC1=C(C(=O)OCCC#N)C(c2cccc(Cl)c2)C(C(=O)OCCCc2ccccc2C)=C(C)N1. The van der Waals surface area contributed by atoms with Crippen LogP contribution in [0.2, 0.25) is 5.02 Å².